The van der Waals surface area contributed by atoms with Gasteiger partial charge in [0.05, 0.1) is 13.2 Å². The SMILES string of the molecule is COc1ccc(N2CCN(C(c3ccc(F)cc3)c3nnnn3CCC(C)C)CC2)cc1. The van der Waals surface area contributed by atoms with Crippen molar-refractivity contribution in [2.45, 2.75) is 32.9 Å². The molecule has 170 valence electrons. The summed E-state index contributed by atoms with van der Waals surface area (Å²) >= 11 is 0. The quantitative estimate of drug-likeness (QED) is 0.534. The molecule has 1 aliphatic rings. The Morgan fingerprint density at radius 3 is 2.28 bits per heavy atom. The maximum absolute atomic E-state index is 13.6. The van der Waals surface area contributed by atoms with Crippen LogP contribution in [0.1, 0.15) is 37.7 Å². The second kappa shape index (κ2) is 10.1. The second-order valence-corrected chi connectivity index (χ2v) is 8.62. The summed E-state index contributed by atoms with van der Waals surface area (Å²) in [6, 6.07) is 14.8. The van der Waals surface area contributed by atoms with Crippen LogP contribution < -0.4 is 9.64 Å². The molecule has 4 rings (SSSR count). The Balaban J connectivity index is 1.55. The van der Waals surface area contributed by atoms with Crippen molar-refractivity contribution in [3.8, 4) is 5.75 Å². The van der Waals surface area contributed by atoms with Crippen LogP contribution in [0.4, 0.5) is 10.1 Å². The lowest BCUT2D eigenvalue weighted by molar-refractivity contribution is 0.200. The number of rotatable bonds is 8. The van der Waals surface area contributed by atoms with Gasteiger partial charge in [-0.15, -0.1) is 5.10 Å². The highest BCUT2D eigenvalue weighted by atomic mass is 19.1. The van der Waals surface area contributed by atoms with E-state index in [1.54, 1.807) is 7.11 Å². The smallest absolute Gasteiger partial charge is 0.173 e. The molecule has 3 aromatic rings. The first-order valence-electron chi connectivity index (χ1n) is 11.2. The number of hydrogen-bond acceptors (Lipinski definition) is 6. The number of piperazine rings is 1. The molecule has 2 heterocycles. The highest BCUT2D eigenvalue weighted by Gasteiger charge is 2.30. The van der Waals surface area contributed by atoms with Crippen molar-refractivity contribution in [1.29, 1.82) is 0 Å². The van der Waals surface area contributed by atoms with Gasteiger partial charge in [0.25, 0.3) is 0 Å². The Hall–Kier alpha value is -3.00. The zero-order valence-electron chi connectivity index (χ0n) is 19.0. The molecule has 1 saturated heterocycles. The number of nitrogens with zero attached hydrogens (tertiary/aromatic N) is 6. The molecular formula is C24H31FN6O. The molecule has 0 radical (unpaired) electrons. The topological polar surface area (TPSA) is 59.3 Å². The number of hydrogen-bond donors (Lipinski definition) is 0. The highest BCUT2D eigenvalue weighted by Crippen LogP contribution is 2.30. The fraction of sp³-hybridized carbons (Fsp3) is 0.458. The fourth-order valence-corrected chi connectivity index (χ4v) is 4.15. The number of aromatic nitrogens is 4. The number of benzene rings is 2. The third-order valence-electron chi connectivity index (χ3n) is 6.03. The molecule has 0 aliphatic carbocycles. The van der Waals surface area contributed by atoms with Crippen molar-refractivity contribution in [3.63, 3.8) is 0 Å². The average molecular weight is 439 g/mol. The van der Waals surface area contributed by atoms with E-state index in [4.69, 9.17) is 4.74 Å². The molecule has 0 spiro atoms. The molecule has 8 heteroatoms. The minimum atomic E-state index is -0.240. The van der Waals surface area contributed by atoms with Crippen LogP contribution in [0.25, 0.3) is 0 Å². The van der Waals surface area contributed by atoms with E-state index in [0.717, 1.165) is 56.3 Å². The lowest BCUT2D eigenvalue weighted by atomic mass is 10.0. The lowest BCUT2D eigenvalue weighted by Gasteiger charge is -2.40. The predicted octanol–water partition coefficient (Wildman–Crippen LogP) is 3.78. The van der Waals surface area contributed by atoms with Crippen molar-refractivity contribution in [1.82, 2.24) is 25.1 Å². The van der Waals surface area contributed by atoms with Crippen molar-refractivity contribution < 1.29 is 9.13 Å². The molecule has 0 saturated carbocycles. The summed E-state index contributed by atoms with van der Waals surface area (Å²) in [7, 11) is 1.68. The van der Waals surface area contributed by atoms with Crippen LogP contribution in [-0.4, -0.2) is 58.4 Å². The van der Waals surface area contributed by atoms with Crippen LogP contribution in [-0.2, 0) is 6.54 Å². The van der Waals surface area contributed by atoms with Crippen LogP contribution in [0, 0.1) is 11.7 Å². The van der Waals surface area contributed by atoms with Crippen LogP contribution >= 0.6 is 0 Å². The summed E-state index contributed by atoms with van der Waals surface area (Å²) in [5.41, 5.74) is 2.19. The van der Waals surface area contributed by atoms with Gasteiger partial charge in [-0.05, 0) is 64.7 Å². The average Bonchev–Trinajstić information content (AvgIpc) is 3.28. The number of tetrazole rings is 1. The van der Waals surface area contributed by atoms with E-state index in [9.17, 15) is 4.39 Å². The molecule has 1 aliphatic heterocycles. The van der Waals surface area contributed by atoms with Crippen LogP contribution in [0.15, 0.2) is 48.5 Å². The maximum Gasteiger partial charge on any atom is 0.173 e. The fourth-order valence-electron chi connectivity index (χ4n) is 4.15. The molecule has 1 fully saturated rings. The third-order valence-corrected chi connectivity index (χ3v) is 6.03. The first-order chi connectivity index (χ1) is 15.5. The van der Waals surface area contributed by atoms with Gasteiger partial charge in [-0.3, -0.25) is 4.90 Å². The monoisotopic (exact) mass is 438 g/mol. The Morgan fingerprint density at radius 2 is 1.66 bits per heavy atom. The van der Waals surface area contributed by atoms with Gasteiger partial charge in [-0.1, -0.05) is 26.0 Å². The molecule has 1 aromatic heterocycles. The third kappa shape index (κ3) is 5.07. The Kier molecular flexibility index (Phi) is 6.99. The van der Waals surface area contributed by atoms with E-state index in [2.05, 4.69) is 51.3 Å². The van der Waals surface area contributed by atoms with Gasteiger partial charge in [0.1, 0.15) is 11.6 Å². The molecule has 7 nitrogen and oxygen atoms in total. The number of aryl methyl sites for hydroxylation is 1. The Bertz CT molecular complexity index is 980. The van der Waals surface area contributed by atoms with E-state index >= 15 is 0 Å². The summed E-state index contributed by atoms with van der Waals surface area (Å²) in [6.45, 7) is 8.63. The van der Waals surface area contributed by atoms with E-state index < -0.39 is 0 Å². The number of ether oxygens (including phenoxy) is 1. The van der Waals surface area contributed by atoms with Gasteiger partial charge in [-0.25, -0.2) is 9.07 Å². The largest absolute Gasteiger partial charge is 0.497 e. The second-order valence-electron chi connectivity index (χ2n) is 8.62. The van der Waals surface area contributed by atoms with Gasteiger partial charge in [0, 0.05) is 38.4 Å². The van der Waals surface area contributed by atoms with Crippen LogP contribution in [0.5, 0.6) is 5.75 Å². The van der Waals surface area contributed by atoms with Crippen molar-refractivity contribution in [3.05, 3.63) is 65.7 Å². The molecule has 1 atom stereocenters. The number of halogens is 1. The van der Waals surface area contributed by atoms with Crippen molar-refractivity contribution in [2.75, 3.05) is 38.2 Å². The molecule has 1 unspecified atom stereocenters. The van der Waals surface area contributed by atoms with Gasteiger partial charge in [0.15, 0.2) is 5.82 Å². The minimum absolute atomic E-state index is 0.115. The van der Waals surface area contributed by atoms with Gasteiger partial charge in [0.2, 0.25) is 0 Å². The Morgan fingerprint density at radius 1 is 0.969 bits per heavy atom. The summed E-state index contributed by atoms with van der Waals surface area (Å²) in [5, 5.41) is 12.6. The summed E-state index contributed by atoms with van der Waals surface area (Å²) in [6.07, 6.45) is 0.999. The molecular weight excluding hydrogens is 407 g/mol. The van der Waals surface area contributed by atoms with Crippen LogP contribution in [0.2, 0.25) is 0 Å². The summed E-state index contributed by atoms with van der Waals surface area (Å²) < 4.78 is 20.8. The highest BCUT2D eigenvalue weighted by molar-refractivity contribution is 5.49. The predicted molar refractivity (Wildman–Crippen MR) is 122 cm³/mol. The lowest BCUT2D eigenvalue weighted by Crippen LogP contribution is -2.48. The first kappa shape index (κ1) is 22.2. The normalized spacial score (nSPS) is 15.8. The van der Waals surface area contributed by atoms with Crippen LogP contribution in [0.3, 0.4) is 0 Å². The van der Waals surface area contributed by atoms with Gasteiger partial charge >= 0.3 is 0 Å². The Labute approximate surface area is 188 Å². The van der Waals surface area contributed by atoms with Crippen molar-refractivity contribution >= 4 is 5.69 Å². The number of anilines is 1. The van der Waals surface area contributed by atoms with Crippen molar-refractivity contribution in [2.24, 2.45) is 5.92 Å². The van der Waals surface area contributed by atoms with Gasteiger partial charge < -0.3 is 9.64 Å². The van der Waals surface area contributed by atoms with E-state index in [1.165, 1.54) is 17.8 Å². The van der Waals surface area contributed by atoms with E-state index in [1.807, 2.05) is 28.9 Å². The standard InChI is InChI=1S/C24H31FN6O/c1-18(2)12-13-31-24(26-27-28-31)23(19-4-6-20(25)7-5-19)30-16-14-29(15-17-30)21-8-10-22(32-3)11-9-21/h4-11,18,23H,12-17H2,1-3H3. The summed E-state index contributed by atoms with van der Waals surface area (Å²) in [4.78, 5) is 4.77. The molecule has 0 amide bonds. The zero-order chi connectivity index (χ0) is 22.5. The molecule has 32 heavy (non-hydrogen) atoms. The van der Waals surface area contributed by atoms with E-state index in [-0.39, 0.29) is 11.9 Å². The minimum Gasteiger partial charge on any atom is -0.497 e. The summed E-state index contributed by atoms with van der Waals surface area (Å²) in [5.74, 6) is 1.99. The molecule has 0 N–H and O–H groups in total. The molecule has 2 aromatic carbocycles. The number of methoxy groups -OCH3 is 1. The van der Waals surface area contributed by atoms with Gasteiger partial charge in [-0.2, -0.15) is 0 Å². The maximum atomic E-state index is 13.6. The first-order valence-corrected chi connectivity index (χ1v) is 11.2. The molecule has 0 bridgehead atoms. The zero-order valence-corrected chi connectivity index (χ0v) is 19.0. The van der Waals surface area contributed by atoms with E-state index in [0.29, 0.717) is 5.92 Å².